The van der Waals surface area contributed by atoms with Gasteiger partial charge in [-0.15, -0.1) is 34.0 Å². The fourth-order valence-corrected chi connectivity index (χ4v) is 7.39. The van der Waals surface area contributed by atoms with E-state index in [0.717, 1.165) is 34.2 Å². The molecule has 194 valence electrons. The lowest BCUT2D eigenvalue weighted by molar-refractivity contribution is 0.615. The number of aromatic nitrogens is 3. The number of hydrogen-bond donors (Lipinski definition) is 0. The average Bonchev–Trinajstić information content (AvgIpc) is 3.81. The van der Waals surface area contributed by atoms with Crippen molar-refractivity contribution in [3.05, 3.63) is 130 Å². The highest BCUT2D eigenvalue weighted by Crippen LogP contribution is 2.39. The van der Waals surface area contributed by atoms with Gasteiger partial charge in [-0.3, -0.25) is 0 Å². The fourth-order valence-electron chi connectivity index (χ4n) is 5.07. The van der Waals surface area contributed by atoms with E-state index in [9.17, 15) is 0 Å². The van der Waals surface area contributed by atoms with Gasteiger partial charge in [-0.1, -0.05) is 79.7 Å². The van der Waals surface area contributed by atoms with Crippen molar-refractivity contribution in [2.24, 2.45) is 0 Å². The van der Waals surface area contributed by atoms with E-state index < -0.39 is 0 Å². The summed E-state index contributed by atoms with van der Waals surface area (Å²) in [5.41, 5.74) is 5.22. The Kier molecular flexibility index (Phi) is 6.60. The Hall–Kier alpha value is -3.97. The van der Waals surface area contributed by atoms with Crippen molar-refractivity contribution in [1.82, 2.24) is 15.0 Å². The normalized spacial score (nSPS) is 16.7. The highest BCUT2D eigenvalue weighted by Gasteiger charge is 2.28. The molecule has 0 amide bonds. The van der Waals surface area contributed by atoms with Gasteiger partial charge in [0.25, 0.3) is 0 Å². The molecule has 0 bridgehead atoms. The summed E-state index contributed by atoms with van der Waals surface area (Å²) in [6.07, 6.45) is 7.68. The van der Waals surface area contributed by atoms with Crippen LogP contribution >= 0.6 is 34.0 Å². The lowest BCUT2D eigenvalue weighted by Gasteiger charge is -2.27. The molecule has 40 heavy (non-hydrogen) atoms. The van der Waals surface area contributed by atoms with E-state index in [1.807, 2.05) is 0 Å². The average molecular weight is 572 g/mol. The predicted octanol–water partition coefficient (Wildman–Crippen LogP) is 10.0. The molecule has 0 saturated carbocycles. The van der Waals surface area contributed by atoms with Gasteiger partial charge in [0.15, 0.2) is 17.5 Å². The van der Waals surface area contributed by atoms with E-state index in [-0.39, 0.29) is 5.41 Å². The highest BCUT2D eigenvalue weighted by atomic mass is 32.1. The van der Waals surface area contributed by atoms with Crippen LogP contribution in [-0.4, -0.2) is 15.0 Å². The van der Waals surface area contributed by atoms with E-state index in [1.165, 1.54) is 14.6 Å². The lowest BCUT2D eigenvalue weighted by atomic mass is 9.80. The van der Waals surface area contributed by atoms with Crippen LogP contribution in [0, 0.1) is 0 Å². The molecule has 3 nitrogen and oxygen atoms in total. The van der Waals surface area contributed by atoms with Crippen LogP contribution < -0.4 is 0 Å². The van der Waals surface area contributed by atoms with Crippen LogP contribution in [-0.2, 0) is 5.41 Å². The van der Waals surface area contributed by atoms with Crippen LogP contribution in [0.25, 0.3) is 49.2 Å². The molecule has 0 spiro atoms. The van der Waals surface area contributed by atoms with Crippen molar-refractivity contribution >= 4 is 39.6 Å². The van der Waals surface area contributed by atoms with Crippen molar-refractivity contribution in [2.45, 2.75) is 18.8 Å². The van der Waals surface area contributed by atoms with Gasteiger partial charge in [-0.2, -0.15) is 0 Å². The molecule has 0 aliphatic heterocycles. The standard InChI is InChI=1S/C34H25N3S3/c1-34(30-15-7-19-40-30)16-4-12-27(22-34)33-36-31(25-10-2-8-23(20-25)28-13-5-17-38-28)35-32(37-33)26-11-3-9-24(21-26)29-14-6-18-39-29/h2-15,17-22H,16H2,1H3. The number of rotatable bonds is 6. The van der Waals surface area contributed by atoms with Gasteiger partial charge in [0.1, 0.15) is 0 Å². The summed E-state index contributed by atoms with van der Waals surface area (Å²) >= 11 is 5.27. The number of allylic oxidation sites excluding steroid dienone is 4. The molecule has 0 saturated heterocycles. The topological polar surface area (TPSA) is 38.7 Å². The van der Waals surface area contributed by atoms with Crippen molar-refractivity contribution in [3.63, 3.8) is 0 Å². The zero-order valence-electron chi connectivity index (χ0n) is 21.8. The molecular formula is C34H25N3S3. The van der Waals surface area contributed by atoms with E-state index >= 15 is 0 Å². The van der Waals surface area contributed by atoms with Crippen LogP contribution in [0.2, 0.25) is 0 Å². The maximum Gasteiger partial charge on any atom is 0.164 e. The molecule has 0 N–H and O–H groups in total. The Bertz CT molecular complexity index is 1740. The largest absolute Gasteiger partial charge is 0.208 e. The molecule has 1 unspecified atom stereocenters. The third kappa shape index (κ3) is 4.90. The molecule has 2 aromatic carbocycles. The van der Waals surface area contributed by atoms with E-state index in [4.69, 9.17) is 15.0 Å². The van der Waals surface area contributed by atoms with Crippen molar-refractivity contribution in [1.29, 1.82) is 0 Å². The van der Waals surface area contributed by atoms with Gasteiger partial charge in [0, 0.05) is 36.7 Å². The quantitative estimate of drug-likeness (QED) is 0.200. The third-order valence-electron chi connectivity index (χ3n) is 7.14. The Labute approximate surface area is 245 Å². The predicted molar refractivity (Wildman–Crippen MR) is 171 cm³/mol. The molecule has 1 atom stereocenters. The van der Waals surface area contributed by atoms with Gasteiger partial charge in [0.05, 0.1) is 0 Å². The molecule has 0 fully saturated rings. The van der Waals surface area contributed by atoms with Crippen molar-refractivity contribution in [3.8, 4) is 43.7 Å². The summed E-state index contributed by atoms with van der Waals surface area (Å²) in [5, 5.41) is 6.36. The molecular weight excluding hydrogens is 547 g/mol. The first-order valence-electron chi connectivity index (χ1n) is 13.1. The molecule has 6 aromatic rings. The van der Waals surface area contributed by atoms with E-state index in [1.54, 1.807) is 34.0 Å². The monoisotopic (exact) mass is 571 g/mol. The van der Waals surface area contributed by atoms with Crippen LogP contribution in [0.5, 0.6) is 0 Å². The first kappa shape index (κ1) is 25.0. The zero-order chi connectivity index (χ0) is 26.9. The van der Waals surface area contributed by atoms with Crippen LogP contribution in [0.15, 0.2) is 119 Å². The Morgan fingerprint density at radius 1 is 0.600 bits per heavy atom. The number of thiophene rings is 3. The minimum atomic E-state index is -0.0939. The fraction of sp³-hybridized carbons (Fsp3) is 0.0882. The molecule has 6 heteroatoms. The van der Waals surface area contributed by atoms with Gasteiger partial charge in [-0.25, -0.2) is 15.0 Å². The second kappa shape index (κ2) is 10.5. The summed E-state index contributed by atoms with van der Waals surface area (Å²) in [5.74, 6) is 2.05. The number of nitrogens with zero attached hydrogens (tertiary/aromatic N) is 3. The smallest absolute Gasteiger partial charge is 0.164 e. The summed E-state index contributed by atoms with van der Waals surface area (Å²) in [7, 11) is 0. The maximum absolute atomic E-state index is 5.06. The SMILES string of the molecule is CC1(c2cccs2)C=C(c2nc(-c3cccc(-c4cccs4)c3)nc(-c3cccc(-c4cccs4)c3)n2)C=CC1. The minimum Gasteiger partial charge on any atom is -0.208 e. The van der Waals surface area contributed by atoms with Crippen LogP contribution in [0.1, 0.15) is 24.0 Å². The first-order chi connectivity index (χ1) is 19.6. The number of benzene rings is 2. The van der Waals surface area contributed by atoms with E-state index in [2.05, 4.69) is 126 Å². The Morgan fingerprint density at radius 3 is 1.70 bits per heavy atom. The van der Waals surface area contributed by atoms with Gasteiger partial charge in [0.2, 0.25) is 0 Å². The zero-order valence-corrected chi connectivity index (χ0v) is 24.3. The molecule has 1 aliphatic carbocycles. The Balaban J connectivity index is 1.38. The van der Waals surface area contributed by atoms with Gasteiger partial charge in [-0.05, 0) is 64.0 Å². The second-order valence-corrected chi connectivity index (χ2v) is 12.9. The molecule has 4 aromatic heterocycles. The van der Waals surface area contributed by atoms with Crippen LogP contribution in [0.4, 0.5) is 0 Å². The number of hydrogen-bond acceptors (Lipinski definition) is 6. The van der Waals surface area contributed by atoms with Crippen molar-refractivity contribution < 1.29 is 0 Å². The summed E-state index contributed by atoms with van der Waals surface area (Å²) in [6.45, 7) is 2.29. The van der Waals surface area contributed by atoms with Gasteiger partial charge >= 0.3 is 0 Å². The van der Waals surface area contributed by atoms with Crippen LogP contribution in [0.3, 0.4) is 0 Å². The maximum atomic E-state index is 5.06. The molecule has 7 rings (SSSR count). The molecule has 1 aliphatic rings. The first-order valence-corrected chi connectivity index (χ1v) is 15.8. The van der Waals surface area contributed by atoms with Crippen molar-refractivity contribution in [2.75, 3.05) is 0 Å². The summed E-state index contributed by atoms with van der Waals surface area (Å²) in [4.78, 5) is 19.0. The summed E-state index contributed by atoms with van der Waals surface area (Å²) < 4.78 is 0. The van der Waals surface area contributed by atoms with Gasteiger partial charge < -0.3 is 0 Å². The molecule has 4 heterocycles. The summed E-state index contributed by atoms with van der Waals surface area (Å²) in [6, 6.07) is 29.8. The third-order valence-corrected chi connectivity index (χ3v) is 10.1. The Morgan fingerprint density at radius 2 is 1.15 bits per heavy atom. The highest BCUT2D eigenvalue weighted by molar-refractivity contribution is 7.13. The van der Waals surface area contributed by atoms with E-state index in [0.29, 0.717) is 17.5 Å². The molecule has 0 radical (unpaired) electrons. The lowest BCUT2D eigenvalue weighted by Crippen LogP contribution is -2.19. The minimum absolute atomic E-state index is 0.0939. The second-order valence-electron chi connectivity index (χ2n) is 10.0.